The van der Waals surface area contributed by atoms with Crippen LogP contribution in [0, 0.1) is 22.7 Å². The normalized spacial score (nSPS) is 11.8. The molecule has 14 aromatic carbocycles. The third-order valence-corrected chi connectivity index (χ3v) is 22.0. The summed E-state index contributed by atoms with van der Waals surface area (Å²) in [6.07, 6.45) is 5.27. The zero-order valence-corrected chi connectivity index (χ0v) is 63.4. The summed E-state index contributed by atoms with van der Waals surface area (Å²) in [7, 11) is 0. The van der Waals surface area contributed by atoms with Crippen molar-refractivity contribution in [1.82, 2.24) is 44.0 Å². The molecular formula is C106H67N11. The number of benzene rings is 14. The molecule has 6 heterocycles. The van der Waals surface area contributed by atoms with Gasteiger partial charge in [0.05, 0.1) is 73.6 Å². The number of hydrogen-bond donors (Lipinski definition) is 0. The number of pyridine rings is 2. The van der Waals surface area contributed by atoms with Crippen molar-refractivity contribution in [2.24, 2.45) is 0 Å². The van der Waals surface area contributed by atoms with Gasteiger partial charge in [-0.1, -0.05) is 304 Å². The molecule has 0 aliphatic heterocycles. The Morgan fingerprint density at radius 1 is 0.308 bits per heavy atom. The molecule has 0 amide bonds. The van der Waals surface area contributed by atoms with E-state index in [2.05, 4.69) is 325 Å². The maximum absolute atomic E-state index is 10.1. The molecule has 11 heteroatoms. The van der Waals surface area contributed by atoms with E-state index in [0.29, 0.717) is 45.7 Å². The van der Waals surface area contributed by atoms with Crippen LogP contribution in [0.3, 0.4) is 0 Å². The molecule has 0 radical (unpaired) electrons. The lowest BCUT2D eigenvalue weighted by molar-refractivity contribution is 1.04. The quantitative estimate of drug-likeness (QED) is 0.0681. The molecule has 0 spiro atoms. The van der Waals surface area contributed by atoms with Crippen LogP contribution in [-0.4, -0.2) is 44.0 Å². The van der Waals surface area contributed by atoms with Crippen molar-refractivity contribution in [2.75, 3.05) is 0 Å². The molecule has 0 saturated carbocycles. The van der Waals surface area contributed by atoms with E-state index in [1.165, 1.54) is 10.8 Å². The highest BCUT2D eigenvalue weighted by Gasteiger charge is 2.25. The van der Waals surface area contributed by atoms with Gasteiger partial charge in [-0.05, 0) is 130 Å². The smallest absolute Gasteiger partial charge is 0.164 e. The van der Waals surface area contributed by atoms with Crippen molar-refractivity contribution in [3.63, 3.8) is 0 Å². The number of nitriles is 2. The molecule has 0 atom stereocenters. The molecule has 546 valence electrons. The van der Waals surface area contributed by atoms with Gasteiger partial charge in [0, 0.05) is 93.8 Å². The standard InChI is InChI=1S/C106H67N11/c1-3-69(35-34-67(2)65-107)103-113-105(81-56-42-71(43-57-81)70-21-7-4-8-22-70)115-106(114-103)82-58-46-75(47-59-82)73-40-52-79(53-41-73)100-102-98(89-30-15-18-33-96(89)117(102)86-26-11-6-12-27-86)90-63-83(60-61-92(90)110-100)76-36-48-77(49-37-76)93-64-94(84-23-19-20-68(62-84)66-108)112-104(111-93)80-54-44-74(45-55-80)72-38-50-78(51-39-72)99-101-97(87-28-13-16-31-91(87)109-99)88-29-14-17-32-95(88)116(101)85-24-9-5-10-25-85/h3-64H,1H2,2H3/b67-34+,69-35+. The van der Waals surface area contributed by atoms with Crippen LogP contribution in [0.1, 0.15) is 18.3 Å². The third-order valence-electron chi connectivity index (χ3n) is 22.0. The highest BCUT2D eigenvalue weighted by Crippen LogP contribution is 2.45. The Labute approximate surface area is 675 Å². The maximum atomic E-state index is 10.1. The summed E-state index contributed by atoms with van der Waals surface area (Å²) < 4.78 is 4.72. The lowest BCUT2D eigenvalue weighted by Crippen LogP contribution is -2.02. The maximum Gasteiger partial charge on any atom is 0.164 e. The summed E-state index contributed by atoms with van der Waals surface area (Å²) in [5, 5.41) is 26.4. The molecule has 0 saturated heterocycles. The Bertz CT molecular complexity index is 7460. The molecule has 0 fully saturated rings. The first-order valence-corrected chi connectivity index (χ1v) is 38.8. The average molecular weight is 1490 g/mol. The number of fused-ring (bicyclic) bond motifs is 10. The predicted octanol–water partition coefficient (Wildman–Crippen LogP) is 26.2. The largest absolute Gasteiger partial charge is 0.307 e. The van der Waals surface area contributed by atoms with E-state index in [9.17, 15) is 10.5 Å². The van der Waals surface area contributed by atoms with Gasteiger partial charge in [-0.25, -0.2) is 34.9 Å². The Kier molecular flexibility index (Phi) is 17.8. The zero-order chi connectivity index (χ0) is 78.5. The van der Waals surface area contributed by atoms with Crippen LogP contribution >= 0.6 is 0 Å². The topological polar surface area (TPSA) is 148 Å². The first-order chi connectivity index (χ1) is 57.7. The SMILES string of the molecule is C=C/C(=C\C=C(/C)C#N)c1nc(-c2ccc(-c3ccccc3)cc2)nc(-c2ccc(-c3ccc(-c4nc5ccc(-c6ccc(-c7cc(-c8cccc(C#N)c8)nc(-c8ccc(-c9ccc(-c%10nc%11ccccc%11c%11c%12ccccc%12n(-c%12ccccc%12)c%10%11)cc9)cc8)n7)cc6)cc5c5c6ccccc6n(-c6ccccc6)c45)cc3)cc2)n1. The van der Waals surface area contributed by atoms with Crippen LogP contribution in [0.2, 0.25) is 0 Å². The summed E-state index contributed by atoms with van der Waals surface area (Å²) in [5.74, 6) is 2.04. The monoisotopic (exact) mass is 1490 g/mol. The van der Waals surface area contributed by atoms with Crippen LogP contribution in [0.4, 0.5) is 0 Å². The minimum absolute atomic E-state index is 0.445. The second kappa shape index (κ2) is 29.8. The summed E-state index contributed by atoms with van der Waals surface area (Å²) in [6, 6.07) is 129. The van der Waals surface area contributed by atoms with Crippen molar-refractivity contribution >= 4 is 71.0 Å². The van der Waals surface area contributed by atoms with Gasteiger partial charge in [-0.15, -0.1) is 0 Å². The number of allylic oxidation sites excluding steroid dienone is 5. The van der Waals surface area contributed by atoms with E-state index in [4.69, 9.17) is 34.9 Å². The van der Waals surface area contributed by atoms with Crippen LogP contribution in [0.15, 0.2) is 388 Å². The van der Waals surface area contributed by atoms with Gasteiger partial charge >= 0.3 is 0 Å². The molecule has 0 bridgehead atoms. The Balaban J connectivity index is 0.617. The summed E-state index contributed by atoms with van der Waals surface area (Å²) >= 11 is 0. The second-order valence-electron chi connectivity index (χ2n) is 29.1. The van der Waals surface area contributed by atoms with E-state index < -0.39 is 0 Å². The second-order valence-corrected chi connectivity index (χ2v) is 29.1. The summed E-state index contributed by atoms with van der Waals surface area (Å²) in [6.45, 7) is 5.85. The molecule has 0 aliphatic rings. The number of rotatable bonds is 16. The van der Waals surface area contributed by atoms with Crippen molar-refractivity contribution in [3.05, 3.63) is 400 Å². The number of nitrogens with zero attached hydrogens (tertiary/aromatic N) is 11. The Hall–Kier alpha value is -16.2. The summed E-state index contributed by atoms with van der Waals surface area (Å²) in [4.78, 5) is 36.6. The molecule has 117 heavy (non-hydrogen) atoms. The number of para-hydroxylation sites is 5. The fraction of sp³-hybridized carbons (Fsp3) is 0.00943. The predicted molar refractivity (Wildman–Crippen MR) is 477 cm³/mol. The van der Waals surface area contributed by atoms with Gasteiger partial charge in [-0.3, -0.25) is 0 Å². The van der Waals surface area contributed by atoms with Gasteiger partial charge in [0.2, 0.25) is 0 Å². The lowest BCUT2D eigenvalue weighted by Gasteiger charge is -2.14. The Morgan fingerprint density at radius 3 is 1.19 bits per heavy atom. The van der Waals surface area contributed by atoms with Gasteiger partial charge in [-0.2, -0.15) is 10.5 Å². The molecule has 0 unspecified atom stereocenters. The molecule has 0 aliphatic carbocycles. The molecule has 11 nitrogen and oxygen atoms in total. The van der Waals surface area contributed by atoms with Gasteiger partial charge in [0.1, 0.15) is 0 Å². The minimum Gasteiger partial charge on any atom is -0.307 e. The average Bonchev–Trinajstić information content (AvgIpc) is 1.57. The highest BCUT2D eigenvalue weighted by atomic mass is 15.0. The Morgan fingerprint density at radius 2 is 0.692 bits per heavy atom. The first kappa shape index (κ1) is 69.9. The molecular weight excluding hydrogens is 1430 g/mol. The van der Waals surface area contributed by atoms with E-state index in [0.717, 1.165) is 167 Å². The van der Waals surface area contributed by atoms with Crippen molar-refractivity contribution in [3.8, 4) is 147 Å². The van der Waals surface area contributed by atoms with Gasteiger partial charge in [0.25, 0.3) is 0 Å². The minimum atomic E-state index is 0.445. The molecule has 6 aromatic heterocycles. The highest BCUT2D eigenvalue weighted by molar-refractivity contribution is 6.25. The molecule has 20 rings (SSSR count). The van der Waals surface area contributed by atoms with E-state index in [-0.39, 0.29) is 0 Å². The molecule has 20 aromatic rings. The van der Waals surface area contributed by atoms with Gasteiger partial charge in [0.15, 0.2) is 23.3 Å². The van der Waals surface area contributed by atoms with Crippen LogP contribution in [-0.2, 0) is 0 Å². The fourth-order valence-electron chi connectivity index (χ4n) is 16.1. The van der Waals surface area contributed by atoms with Crippen molar-refractivity contribution in [1.29, 1.82) is 10.5 Å². The van der Waals surface area contributed by atoms with Crippen molar-refractivity contribution in [2.45, 2.75) is 6.92 Å². The number of hydrogen-bond acceptors (Lipinski definition) is 9. The van der Waals surface area contributed by atoms with E-state index in [1.807, 2.05) is 66.7 Å². The van der Waals surface area contributed by atoms with Crippen LogP contribution in [0.5, 0.6) is 0 Å². The van der Waals surface area contributed by atoms with Crippen LogP contribution in [0.25, 0.3) is 206 Å². The van der Waals surface area contributed by atoms with Gasteiger partial charge < -0.3 is 9.13 Å². The van der Waals surface area contributed by atoms with E-state index in [1.54, 1.807) is 19.1 Å². The zero-order valence-electron chi connectivity index (χ0n) is 63.4. The number of aromatic nitrogens is 9. The lowest BCUT2D eigenvalue weighted by atomic mass is 9.97. The molecule has 0 N–H and O–H groups in total. The van der Waals surface area contributed by atoms with Crippen molar-refractivity contribution < 1.29 is 0 Å². The van der Waals surface area contributed by atoms with Crippen LogP contribution < -0.4 is 0 Å². The fourth-order valence-corrected chi connectivity index (χ4v) is 16.1. The third kappa shape index (κ3) is 13.0. The van der Waals surface area contributed by atoms with E-state index >= 15 is 0 Å². The summed E-state index contributed by atoms with van der Waals surface area (Å²) in [5.41, 5.74) is 27.9. The first-order valence-electron chi connectivity index (χ1n) is 38.8.